The minimum Gasteiger partial charge on any atom is -0.288 e. The third-order valence-electron chi connectivity index (χ3n) is 3.80. The first kappa shape index (κ1) is 17.3. The normalized spacial score (nSPS) is 20.0. The number of alkyl halides is 3. The lowest BCUT2D eigenvalue weighted by molar-refractivity contribution is -0.202. The van der Waals surface area contributed by atoms with Crippen molar-refractivity contribution in [3.8, 4) is 0 Å². The van der Waals surface area contributed by atoms with Gasteiger partial charge in [0.05, 0.1) is 0 Å². The Hall–Kier alpha value is -1.08. The second-order valence-corrected chi connectivity index (χ2v) is 7.03. The largest absolute Gasteiger partial charge is 0.405 e. The first-order valence-electron chi connectivity index (χ1n) is 6.99. The first-order chi connectivity index (χ1) is 10.1. The van der Waals surface area contributed by atoms with Crippen molar-refractivity contribution < 1.29 is 18.0 Å². The predicted molar refractivity (Wildman–Crippen MR) is 81.0 cm³/mol. The van der Waals surface area contributed by atoms with Gasteiger partial charge in [-0.1, -0.05) is 28.1 Å². The quantitative estimate of drug-likeness (QED) is 0.863. The van der Waals surface area contributed by atoms with Crippen molar-refractivity contribution in [2.24, 2.45) is 0 Å². The Bertz CT molecular complexity index is 543. The molecule has 3 nitrogen and oxygen atoms in total. The van der Waals surface area contributed by atoms with Crippen molar-refractivity contribution >= 4 is 21.8 Å². The lowest BCUT2D eigenvalue weighted by atomic mass is 9.97. The molecule has 22 heavy (non-hydrogen) atoms. The SMILES string of the molecule is CC1(C)CC(=O)NN1C(CCc1ccc(Br)cc1)C(F)(F)F. The van der Waals surface area contributed by atoms with E-state index in [0.717, 1.165) is 15.0 Å². The summed E-state index contributed by atoms with van der Waals surface area (Å²) in [6, 6.07) is 5.51. The van der Waals surface area contributed by atoms with Crippen molar-refractivity contribution in [3.05, 3.63) is 34.3 Å². The van der Waals surface area contributed by atoms with Crippen LogP contribution in [0.5, 0.6) is 0 Å². The van der Waals surface area contributed by atoms with Gasteiger partial charge in [-0.2, -0.15) is 13.2 Å². The van der Waals surface area contributed by atoms with Crippen molar-refractivity contribution in [3.63, 3.8) is 0 Å². The number of hydrazine groups is 1. The van der Waals surface area contributed by atoms with E-state index >= 15 is 0 Å². The van der Waals surface area contributed by atoms with Crippen LogP contribution in [0, 0.1) is 0 Å². The molecule has 0 bridgehead atoms. The van der Waals surface area contributed by atoms with E-state index < -0.39 is 17.8 Å². The molecule has 1 aliphatic rings. The molecule has 1 amide bonds. The van der Waals surface area contributed by atoms with Crippen LogP contribution in [-0.4, -0.2) is 28.7 Å². The molecule has 1 saturated heterocycles. The third-order valence-corrected chi connectivity index (χ3v) is 4.33. The van der Waals surface area contributed by atoms with Crippen molar-refractivity contribution in [1.82, 2.24) is 10.4 Å². The van der Waals surface area contributed by atoms with Gasteiger partial charge in [-0.3, -0.25) is 10.2 Å². The molecule has 1 heterocycles. The number of nitrogens with one attached hydrogen (secondary N) is 1. The van der Waals surface area contributed by atoms with Gasteiger partial charge in [-0.05, 0) is 44.4 Å². The molecule has 0 saturated carbocycles. The van der Waals surface area contributed by atoms with E-state index in [0.29, 0.717) is 6.42 Å². The van der Waals surface area contributed by atoms with Crippen LogP contribution < -0.4 is 5.43 Å². The van der Waals surface area contributed by atoms with Gasteiger partial charge in [-0.15, -0.1) is 0 Å². The first-order valence-corrected chi connectivity index (χ1v) is 7.79. The summed E-state index contributed by atoms with van der Waals surface area (Å²) in [5.74, 6) is -0.372. The Balaban J connectivity index is 2.14. The van der Waals surface area contributed by atoms with Crippen LogP contribution >= 0.6 is 15.9 Å². The number of amides is 1. The third kappa shape index (κ3) is 4.01. The fourth-order valence-corrected chi connectivity index (χ4v) is 2.96. The number of rotatable bonds is 4. The average molecular weight is 379 g/mol. The van der Waals surface area contributed by atoms with Gasteiger partial charge in [0.1, 0.15) is 6.04 Å². The average Bonchev–Trinajstić information content (AvgIpc) is 2.63. The molecule has 0 aromatic heterocycles. The second kappa shape index (κ2) is 6.20. The molecular weight excluding hydrogens is 361 g/mol. The summed E-state index contributed by atoms with van der Waals surface area (Å²) in [6.45, 7) is 3.28. The maximum Gasteiger partial charge on any atom is 0.405 e. The number of carbonyl (C=O) groups excluding carboxylic acids is 1. The second-order valence-electron chi connectivity index (χ2n) is 6.12. The van der Waals surface area contributed by atoms with Gasteiger partial charge in [0, 0.05) is 16.4 Å². The summed E-state index contributed by atoms with van der Waals surface area (Å²) >= 11 is 3.30. The van der Waals surface area contributed by atoms with E-state index in [2.05, 4.69) is 21.4 Å². The smallest absolute Gasteiger partial charge is 0.288 e. The molecule has 1 aromatic carbocycles. The van der Waals surface area contributed by atoms with E-state index in [4.69, 9.17) is 0 Å². The van der Waals surface area contributed by atoms with Crippen molar-refractivity contribution in [2.45, 2.75) is 50.9 Å². The fourth-order valence-electron chi connectivity index (χ4n) is 2.70. The molecule has 7 heteroatoms. The van der Waals surface area contributed by atoms with Gasteiger partial charge >= 0.3 is 6.18 Å². The van der Waals surface area contributed by atoms with E-state index in [9.17, 15) is 18.0 Å². The summed E-state index contributed by atoms with van der Waals surface area (Å²) in [5.41, 5.74) is 2.35. The van der Waals surface area contributed by atoms with Crippen LogP contribution in [0.25, 0.3) is 0 Å². The van der Waals surface area contributed by atoms with Gasteiger partial charge in [0.25, 0.3) is 0 Å². The number of benzene rings is 1. The Morgan fingerprint density at radius 1 is 1.32 bits per heavy atom. The van der Waals surface area contributed by atoms with Gasteiger partial charge in [0.2, 0.25) is 5.91 Å². The van der Waals surface area contributed by atoms with E-state index in [1.165, 1.54) is 0 Å². The molecule has 0 radical (unpaired) electrons. The number of aryl methyl sites for hydroxylation is 1. The maximum atomic E-state index is 13.4. The monoisotopic (exact) mass is 378 g/mol. The lowest BCUT2D eigenvalue weighted by Gasteiger charge is -2.37. The molecule has 1 unspecified atom stereocenters. The molecule has 2 rings (SSSR count). The van der Waals surface area contributed by atoms with Crippen molar-refractivity contribution in [1.29, 1.82) is 0 Å². The van der Waals surface area contributed by atoms with Gasteiger partial charge in [0.15, 0.2) is 0 Å². The van der Waals surface area contributed by atoms with Crippen LogP contribution in [0.15, 0.2) is 28.7 Å². The molecule has 1 N–H and O–H groups in total. The lowest BCUT2D eigenvalue weighted by Crippen LogP contribution is -2.56. The molecule has 1 atom stereocenters. The minimum absolute atomic E-state index is 0.0673. The summed E-state index contributed by atoms with van der Waals surface area (Å²) in [4.78, 5) is 11.5. The highest BCUT2D eigenvalue weighted by molar-refractivity contribution is 9.10. The Morgan fingerprint density at radius 2 is 1.91 bits per heavy atom. The highest BCUT2D eigenvalue weighted by Crippen LogP contribution is 2.35. The number of hydrogen-bond donors (Lipinski definition) is 1. The molecule has 1 aromatic rings. The molecule has 0 aliphatic carbocycles. The highest BCUT2D eigenvalue weighted by Gasteiger charge is 2.51. The molecule has 122 valence electrons. The zero-order chi connectivity index (χ0) is 16.5. The zero-order valence-corrected chi connectivity index (χ0v) is 14.0. The molecule has 1 aliphatic heterocycles. The Labute approximate surface area is 136 Å². The molecular formula is C15H18BrF3N2O. The number of hydrogen-bond acceptors (Lipinski definition) is 2. The number of carbonyl (C=O) groups is 1. The van der Waals surface area contributed by atoms with E-state index in [-0.39, 0.29) is 18.7 Å². The summed E-state index contributed by atoms with van der Waals surface area (Å²) in [6.07, 6.45) is -4.14. The summed E-state index contributed by atoms with van der Waals surface area (Å²) in [5, 5.41) is 1.06. The topological polar surface area (TPSA) is 32.3 Å². The summed E-state index contributed by atoms with van der Waals surface area (Å²) < 4.78 is 41.1. The van der Waals surface area contributed by atoms with Crippen LogP contribution in [0.4, 0.5) is 13.2 Å². The molecule has 1 fully saturated rings. The van der Waals surface area contributed by atoms with Crippen LogP contribution in [0.3, 0.4) is 0 Å². The van der Waals surface area contributed by atoms with Crippen molar-refractivity contribution in [2.75, 3.05) is 0 Å². The Kier molecular flexibility index (Phi) is 4.87. The summed E-state index contributed by atoms with van der Waals surface area (Å²) in [7, 11) is 0. The Morgan fingerprint density at radius 3 is 2.36 bits per heavy atom. The minimum atomic E-state index is -4.40. The fraction of sp³-hybridized carbons (Fsp3) is 0.533. The predicted octanol–water partition coefficient (Wildman–Crippen LogP) is 3.83. The molecule has 0 spiro atoms. The van der Waals surface area contributed by atoms with Gasteiger partial charge < -0.3 is 0 Å². The van der Waals surface area contributed by atoms with Gasteiger partial charge in [-0.25, -0.2) is 5.01 Å². The van der Waals surface area contributed by atoms with Crippen LogP contribution in [-0.2, 0) is 11.2 Å². The van der Waals surface area contributed by atoms with Crippen LogP contribution in [0.2, 0.25) is 0 Å². The zero-order valence-electron chi connectivity index (χ0n) is 12.4. The standard InChI is InChI=1S/C15H18BrF3N2O/c1-14(2)9-13(22)20-21(14)12(15(17,18)19)8-5-10-3-6-11(16)7-4-10/h3-4,6-7,12H,5,8-9H2,1-2H3,(H,20,22). The highest BCUT2D eigenvalue weighted by atomic mass is 79.9. The van der Waals surface area contributed by atoms with E-state index in [1.54, 1.807) is 38.1 Å². The maximum absolute atomic E-state index is 13.4. The number of halogens is 4. The number of nitrogens with zero attached hydrogens (tertiary/aromatic N) is 1. The van der Waals surface area contributed by atoms with Crippen LogP contribution in [0.1, 0.15) is 32.3 Å². The van der Waals surface area contributed by atoms with E-state index in [1.807, 2.05) is 0 Å².